The van der Waals surface area contributed by atoms with Gasteiger partial charge in [0.2, 0.25) is 5.91 Å². The number of aliphatic hydroxyl groups is 1. The number of amides is 1. The highest BCUT2D eigenvalue weighted by Crippen LogP contribution is 2.18. The molecule has 0 aromatic heterocycles. The molecule has 0 radical (unpaired) electrons. The van der Waals surface area contributed by atoms with Gasteiger partial charge >= 0.3 is 0 Å². The van der Waals surface area contributed by atoms with Gasteiger partial charge in [0.15, 0.2) is 5.84 Å². The van der Waals surface area contributed by atoms with E-state index in [0.717, 1.165) is 0 Å². The van der Waals surface area contributed by atoms with Crippen LogP contribution in [0.15, 0.2) is 5.16 Å². The van der Waals surface area contributed by atoms with E-state index in [0.29, 0.717) is 19.5 Å². The van der Waals surface area contributed by atoms with Gasteiger partial charge in [-0.05, 0) is 12.3 Å². The fourth-order valence-electron chi connectivity index (χ4n) is 1.95. The second-order valence-corrected chi connectivity index (χ2v) is 4.47. The average molecular weight is 229 g/mol. The molecule has 92 valence electrons. The standard InChI is InChI=1S/C10H19N3O3/c1-6(2)8(9(11)12-16)10(15)13-4-3-7(14)5-13/h6-8,14,16H,3-5H2,1-2H3,(H2,11,12). The summed E-state index contributed by atoms with van der Waals surface area (Å²) in [4.78, 5) is 13.6. The van der Waals surface area contributed by atoms with Gasteiger partial charge in [0.1, 0.15) is 5.92 Å². The summed E-state index contributed by atoms with van der Waals surface area (Å²) >= 11 is 0. The van der Waals surface area contributed by atoms with Crippen LogP contribution < -0.4 is 5.73 Å². The molecule has 4 N–H and O–H groups in total. The van der Waals surface area contributed by atoms with E-state index in [4.69, 9.17) is 10.9 Å². The maximum atomic E-state index is 12.1. The Morgan fingerprint density at radius 2 is 2.19 bits per heavy atom. The molecule has 0 aliphatic carbocycles. The van der Waals surface area contributed by atoms with Crippen LogP contribution in [0.2, 0.25) is 0 Å². The van der Waals surface area contributed by atoms with E-state index in [9.17, 15) is 9.90 Å². The number of β-amino-alcohol motifs (C(OH)–C–C–N with tert-alkyl or cyclic N) is 1. The molecule has 1 aliphatic heterocycles. The van der Waals surface area contributed by atoms with E-state index in [-0.39, 0.29) is 17.7 Å². The number of rotatable bonds is 3. The van der Waals surface area contributed by atoms with Crippen molar-refractivity contribution in [3.63, 3.8) is 0 Å². The Labute approximate surface area is 94.7 Å². The average Bonchev–Trinajstić information content (AvgIpc) is 2.64. The quantitative estimate of drug-likeness (QED) is 0.265. The lowest BCUT2D eigenvalue weighted by molar-refractivity contribution is -0.133. The fourth-order valence-corrected chi connectivity index (χ4v) is 1.95. The summed E-state index contributed by atoms with van der Waals surface area (Å²) < 4.78 is 0. The van der Waals surface area contributed by atoms with Crippen molar-refractivity contribution in [1.82, 2.24) is 4.90 Å². The van der Waals surface area contributed by atoms with Crippen LogP contribution in [-0.4, -0.2) is 46.1 Å². The van der Waals surface area contributed by atoms with Crippen LogP contribution in [0.1, 0.15) is 20.3 Å². The summed E-state index contributed by atoms with van der Waals surface area (Å²) in [6, 6.07) is 0. The first-order valence-electron chi connectivity index (χ1n) is 5.41. The first-order chi connectivity index (χ1) is 7.47. The third kappa shape index (κ3) is 2.63. The van der Waals surface area contributed by atoms with Crippen LogP contribution in [0.4, 0.5) is 0 Å². The molecule has 1 aliphatic rings. The van der Waals surface area contributed by atoms with Crippen molar-refractivity contribution in [1.29, 1.82) is 0 Å². The zero-order chi connectivity index (χ0) is 12.3. The molecule has 0 bridgehead atoms. The highest BCUT2D eigenvalue weighted by atomic mass is 16.4. The SMILES string of the molecule is CC(C)C(C(=O)N1CCC(O)C1)C(N)=NO. The molecule has 2 atom stereocenters. The van der Waals surface area contributed by atoms with Crippen LogP contribution in [0.25, 0.3) is 0 Å². The van der Waals surface area contributed by atoms with Gasteiger partial charge in [-0.3, -0.25) is 4.79 Å². The maximum absolute atomic E-state index is 12.1. The van der Waals surface area contributed by atoms with Gasteiger partial charge in [-0.1, -0.05) is 19.0 Å². The largest absolute Gasteiger partial charge is 0.409 e. The molecule has 6 nitrogen and oxygen atoms in total. The first-order valence-corrected chi connectivity index (χ1v) is 5.41. The number of oxime groups is 1. The van der Waals surface area contributed by atoms with Crippen molar-refractivity contribution in [2.45, 2.75) is 26.4 Å². The van der Waals surface area contributed by atoms with Gasteiger partial charge in [0.05, 0.1) is 6.10 Å². The van der Waals surface area contributed by atoms with E-state index in [1.807, 2.05) is 13.8 Å². The number of nitrogens with two attached hydrogens (primary N) is 1. The van der Waals surface area contributed by atoms with Crippen molar-refractivity contribution in [3.8, 4) is 0 Å². The van der Waals surface area contributed by atoms with Gasteiger partial charge in [0.25, 0.3) is 0 Å². The summed E-state index contributed by atoms with van der Waals surface area (Å²) in [7, 11) is 0. The molecule has 1 fully saturated rings. The van der Waals surface area contributed by atoms with Gasteiger partial charge in [-0.15, -0.1) is 0 Å². The van der Waals surface area contributed by atoms with Crippen LogP contribution in [0.5, 0.6) is 0 Å². The maximum Gasteiger partial charge on any atom is 0.233 e. The predicted octanol–water partition coefficient (Wildman–Crippen LogP) is -0.402. The van der Waals surface area contributed by atoms with Gasteiger partial charge in [0, 0.05) is 13.1 Å². The zero-order valence-corrected chi connectivity index (χ0v) is 9.63. The summed E-state index contributed by atoms with van der Waals surface area (Å²) in [5, 5.41) is 20.9. The molecule has 0 aromatic rings. The van der Waals surface area contributed by atoms with Crippen molar-refractivity contribution in [2.24, 2.45) is 22.7 Å². The Balaban J connectivity index is 2.76. The normalized spacial score (nSPS) is 23.9. The van der Waals surface area contributed by atoms with Crippen molar-refractivity contribution in [2.75, 3.05) is 13.1 Å². The summed E-state index contributed by atoms with van der Waals surface area (Å²) in [5.41, 5.74) is 5.51. The lowest BCUT2D eigenvalue weighted by Gasteiger charge is -2.24. The minimum atomic E-state index is -0.615. The molecular formula is C10H19N3O3. The predicted molar refractivity (Wildman–Crippen MR) is 58.9 cm³/mol. The van der Waals surface area contributed by atoms with Crippen LogP contribution in [0.3, 0.4) is 0 Å². The van der Waals surface area contributed by atoms with E-state index < -0.39 is 12.0 Å². The minimum Gasteiger partial charge on any atom is -0.409 e. The van der Waals surface area contributed by atoms with E-state index >= 15 is 0 Å². The molecular weight excluding hydrogens is 210 g/mol. The topological polar surface area (TPSA) is 99.2 Å². The molecule has 0 saturated carbocycles. The third-order valence-corrected chi connectivity index (χ3v) is 2.84. The van der Waals surface area contributed by atoms with Gasteiger partial charge in [-0.25, -0.2) is 0 Å². The second kappa shape index (κ2) is 5.16. The molecule has 0 spiro atoms. The fraction of sp³-hybridized carbons (Fsp3) is 0.800. The third-order valence-electron chi connectivity index (χ3n) is 2.84. The lowest BCUT2D eigenvalue weighted by Crippen LogP contribution is -2.43. The van der Waals surface area contributed by atoms with Crippen LogP contribution in [-0.2, 0) is 4.79 Å². The zero-order valence-electron chi connectivity index (χ0n) is 9.63. The number of likely N-dealkylation sites (tertiary alicyclic amines) is 1. The lowest BCUT2D eigenvalue weighted by atomic mass is 9.93. The number of aliphatic hydroxyl groups excluding tert-OH is 1. The number of carbonyl (C=O) groups is 1. The number of hydrogen-bond donors (Lipinski definition) is 3. The Morgan fingerprint density at radius 3 is 2.56 bits per heavy atom. The number of nitrogens with zero attached hydrogens (tertiary/aromatic N) is 2. The van der Waals surface area contributed by atoms with Crippen molar-refractivity contribution >= 4 is 11.7 Å². The Hall–Kier alpha value is -1.30. The Kier molecular flexibility index (Phi) is 4.12. The smallest absolute Gasteiger partial charge is 0.233 e. The molecule has 1 saturated heterocycles. The monoisotopic (exact) mass is 229 g/mol. The van der Waals surface area contributed by atoms with Crippen molar-refractivity contribution in [3.05, 3.63) is 0 Å². The van der Waals surface area contributed by atoms with Crippen LogP contribution in [0, 0.1) is 11.8 Å². The van der Waals surface area contributed by atoms with E-state index in [1.54, 1.807) is 4.90 Å². The summed E-state index contributed by atoms with van der Waals surface area (Å²) in [6.45, 7) is 4.54. The number of hydrogen-bond acceptors (Lipinski definition) is 4. The number of amidine groups is 1. The molecule has 1 heterocycles. The molecule has 16 heavy (non-hydrogen) atoms. The summed E-state index contributed by atoms with van der Waals surface area (Å²) in [5.74, 6) is -0.903. The molecule has 6 heteroatoms. The number of carbonyl (C=O) groups excluding carboxylic acids is 1. The molecule has 2 unspecified atom stereocenters. The van der Waals surface area contributed by atoms with E-state index in [1.165, 1.54) is 0 Å². The summed E-state index contributed by atoms with van der Waals surface area (Å²) in [6.07, 6.45) is 0.135. The van der Waals surface area contributed by atoms with Gasteiger partial charge in [-0.2, -0.15) is 0 Å². The van der Waals surface area contributed by atoms with Crippen LogP contribution >= 0.6 is 0 Å². The molecule has 1 rings (SSSR count). The minimum absolute atomic E-state index is 0.0406. The molecule has 1 amide bonds. The van der Waals surface area contributed by atoms with Crippen molar-refractivity contribution < 1.29 is 15.1 Å². The second-order valence-electron chi connectivity index (χ2n) is 4.47. The van der Waals surface area contributed by atoms with Gasteiger partial charge < -0.3 is 20.9 Å². The highest BCUT2D eigenvalue weighted by Gasteiger charge is 2.34. The Morgan fingerprint density at radius 1 is 1.56 bits per heavy atom. The Bertz CT molecular complexity index is 291. The van der Waals surface area contributed by atoms with E-state index in [2.05, 4.69) is 5.16 Å². The highest BCUT2D eigenvalue weighted by molar-refractivity contribution is 6.02. The first kappa shape index (κ1) is 12.8. The molecule has 0 aromatic carbocycles.